The summed E-state index contributed by atoms with van der Waals surface area (Å²) in [5, 5.41) is 5.10. The van der Waals surface area contributed by atoms with Gasteiger partial charge >= 0.3 is 12.0 Å². The van der Waals surface area contributed by atoms with E-state index < -0.39 is 33.6 Å². The van der Waals surface area contributed by atoms with Crippen LogP contribution in [0.25, 0.3) is 0 Å². The van der Waals surface area contributed by atoms with E-state index in [0.29, 0.717) is 11.3 Å². The Kier molecular flexibility index (Phi) is 5.88. The normalized spacial score (nSPS) is 16.6. The van der Waals surface area contributed by atoms with Crippen molar-refractivity contribution < 1.29 is 27.5 Å². The smallest absolute Gasteiger partial charge is 0.338 e. The SMILES string of the molecule is COC(=O)C1=C(CS(=O)(=O)c2ccc(OC)cc2)NC(=O)N[C@@H]1c1ccccc1. The number of carbonyl (C=O) groups excluding carboxylic acids is 2. The van der Waals surface area contributed by atoms with Crippen molar-refractivity contribution in [1.29, 1.82) is 0 Å². The van der Waals surface area contributed by atoms with Crippen molar-refractivity contribution >= 4 is 21.8 Å². The van der Waals surface area contributed by atoms with Gasteiger partial charge in [-0.3, -0.25) is 0 Å². The Morgan fingerprint density at radius 3 is 2.28 bits per heavy atom. The molecule has 9 heteroatoms. The number of carbonyl (C=O) groups is 2. The van der Waals surface area contributed by atoms with Crippen LogP contribution in [0.3, 0.4) is 0 Å². The molecule has 8 nitrogen and oxygen atoms in total. The molecular formula is C20H20N2O6S. The number of ether oxygens (including phenoxy) is 2. The molecule has 0 aromatic heterocycles. The summed E-state index contributed by atoms with van der Waals surface area (Å²) in [4.78, 5) is 24.7. The number of rotatable bonds is 6. The molecule has 0 saturated heterocycles. The molecule has 2 amide bonds. The molecule has 1 atom stereocenters. The van der Waals surface area contributed by atoms with E-state index >= 15 is 0 Å². The number of esters is 1. The van der Waals surface area contributed by atoms with Crippen molar-refractivity contribution in [2.75, 3.05) is 20.0 Å². The minimum atomic E-state index is -3.85. The lowest BCUT2D eigenvalue weighted by Gasteiger charge is -2.29. The summed E-state index contributed by atoms with van der Waals surface area (Å²) in [5.41, 5.74) is 0.641. The molecule has 2 aromatic rings. The number of benzene rings is 2. The van der Waals surface area contributed by atoms with Crippen LogP contribution in [0.15, 0.2) is 70.8 Å². The summed E-state index contributed by atoms with van der Waals surface area (Å²) in [7, 11) is -1.18. The van der Waals surface area contributed by atoms with Crippen molar-refractivity contribution in [3.63, 3.8) is 0 Å². The quantitative estimate of drug-likeness (QED) is 0.697. The molecule has 1 aliphatic rings. The maximum atomic E-state index is 12.9. The van der Waals surface area contributed by atoms with Gasteiger partial charge in [-0.05, 0) is 29.8 Å². The first-order chi connectivity index (χ1) is 13.9. The fraction of sp³-hybridized carbons (Fsp3) is 0.200. The molecule has 0 saturated carbocycles. The van der Waals surface area contributed by atoms with Crippen LogP contribution in [0.4, 0.5) is 4.79 Å². The summed E-state index contributed by atoms with van der Waals surface area (Å²) in [6.45, 7) is 0. The molecule has 1 heterocycles. The van der Waals surface area contributed by atoms with Crippen molar-refractivity contribution in [2.24, 2.45) is 0 Å². The highest BCUT2D eigenvalue weighted by atomic mass is 32.2. The molecule has 0 spiro atoms. The Bertz CT molecular complexity index is 1050. The summed E-state index contributed by atoms with van der Waals surface area (Å²) in [5.74, 6) is -0.787. The third-order valence-electron chi connectivity index (χ3n) is 4.44. The van der Waals surface area contributed by atoms with Crippen LogP contribution in [0.1, 0.15) is 11.6 Å². The molecule has 29 heavy (non-hydrogen) atoms. The molecule has 0 aliphatic carbocycles. The molecule has 0 bridgehead atoms. The van der Waals surface area contributed by atoms with Gasteiger partial charge in [0, 0.05) is 5.70 Å². The molecule has 0 fully saturated rings. The number of sulfone groups is 1. The van der Waals surface area contributed by atoms with E-state index in [0.717, 1.165) is 0 Å². The Morgan fingerprint density at radius 2 is 1.69 bits per heavy atom. The van der Waals surface area contributed by atoms with Crippen molar-refractivity contribution in [1.82, 2.24) is 10.6 Å². The number of hydrogen-bond donors (Lipinski definition) is 2. The van der Waals surface area contributed by atoms with E-state index in [1.165, 1.54) is 38.5 Å². The molecule has 3 rings (SSSR count). The van der Waals surface area contributed by atoms with Crippen LogP contribution in [0.5, 0.6) is 5.75 Å². The molecule has 0 radical (unpaired) electrons. The van der Waals surface area contributed by atoms with Crippen LogP contribution in [-0.4, -0.2) is 40.4 Å². The second-order valence-electron chi connectivity index (χ2n) is 6.26. The third kappa shape index (κ3) is 4.40. The number of urea groups is 1. The Balaban J connectivity index is 2.05. The number of methoxy groups -OCH3 is 2. The minimum absolute atomic E-state index is 0.0229. The monoisotopic (exact) mass is 416 g/mol. The zero-order valence-electron chi connectivity index (χ0n) is 15.8. The van der Waals surface area contributed by atoms with Crippen LogP contribution in [0, 0.1) is 0 Å². The molecule has 2 N–H and O–H groups in total. The summed E-state index contributed by atoms with van der Waals surface area (Å²) < 4.78 is 35.7. The predicted octanol–water partition coefficient (Wildman–Crippen LogP) is 1.95. The molecule has 1 aliphatic heterocycles. The number of nitrogens with one attached hydrogen (secondary N) is 2. The van der Waals surface area contributed by atoms with Crippen LogP contribution >= 0.6 is 0 Å². The fourth-order valence-electron chi connectivity index (χ4n) is 3.03. The van der Waals surface area contributed by atoms with Gasteiger partial charge in [0.15, 0.2) is 9.84 Å². The minimum Gasteiger partial charge on any atom is -0.497 e. The molecular weight excluding hydrogens is 396 g/mol. The van der Waals surface area contributed by atoms with Gasteiger partial charge in [0.2, 0.25) is 0 Å². The first kappa shape index (κ1) is 20.4. The van der Waals surface area contributed by atoms with Crippen LogP contribution in [0.2, 0.25) is 0 Å². The Morgan fingerprint density at radius 1 is 1.03 bits per heavy atom. The van der Waals surface area contributed by atoms with E-state index in [1.54, 1.807) is 30.3 Å². The van der Waals surface area contributed by atoms with E-state index in [4.69, 9.17) is 9.47 Å². The third-order valence-corrected chi connectivity index (χ3v) is 6.10. The second-order valence-corrected chi connectivity index (χ2v) is 8.25. The first-order valence-electron chi connectivity index (χ1n) is 8.66. The first-order valence-corrected chi connectivity index (χ1v) is 10.3. The highest BCUT2D eigenvalue weighted by Crippen LogP contribution is 2.29. The van der Waals surface area contributed by atoms with Gasteiger partial charge in [-0.15, -0.1) is 0 Å². The van der Waals surface area contributed by atoms with E-state index in [-0.39, 0.29) is 16.2 Å². The Labute approximate surface area is 168 Å². The van der Waals surface area contributed by atoms with Gasteiger partial charge in [-0.2, -0.15) is 0 Å². The summed E-state index contributed by atoms with van der Waals surface area (Å²) >= 11 is 0. The highest BCUT2D eigenvalue weighted by molar-refractivity contribution is 7.91. The zero-order chi connectivity index (χ0) is 21.0. The predicted molar refractivity (Wildman–Crippen MR) is 105 cm³/mol. The van der Waals surface area contributed by atoms with Crippen LogP contribution < -0.4 is 15.4 Å². The largest absolute Gasteiger partial charge is 0.497 e. The van der Waals surface area contributed by atoms with Gasteiger partial charge in [0.25, 0.3) is 0 Å². The molecule has 0 unspecified atom stereocenters. The zero-order valence-corrected chi connectivity index (χ0v) is 16.7. The average Bonchev–Trinajstić information content (AvgIpc) is 2.73. The highest BCUT2D eigenvalue weighted by Gasteiger charge is 2.35. The van der Waals surface area contributed by atoms with E-state index in [1.807, 2.05) is 0 Å². The van der Waals surface area contributed by atoms with Crippen molar-refractivity contribution in [2.45, 2.75) is 10.9 Å². The lowest BCUT2D eigenvalue weighted by Crippen LogP contribution is -2.47. The molecule has 152 valence electrons. The average molecular weight is 416 g/mol. The van der Waals surface area contributed by atoms with E-state index in [2.05, 4.69) is 10.6 Å². The van der Waals surface area contributed by atoms with Gasteiger partial charge in [0.05, 0.1) is 36.5 Å². The topological polar surface area (TPSA) is 111 Å². The van der Waals surface area contributed by atoms with Crippen LogP contribution in [-0.2, 0) is 19.4 Å². The molecule has 2 aromatic carbocycles. The van der Waals surface area contributed by atoms with Gasteiger partial charge < -0.3 is 20.1 Å². The lowest BCUT2D eigenvalue weighted by atomic mass is 9.96. The standard InChI is InChI=1S/C20H20N2O6S/c1-27-14-8-10-15(11-9-14)29(25,26)12-16-17(19(23)28-2)18(22-20(24)21-16)13-6-4-3-5-7-13/h3-11,18H,12H2,1-2H3,(H2,21,22,24)/t18-/m1/s1. The summed E-state index contributed by atoms with van der Waals surface area (Å²) in [6, 6.07) is 13.2. The maximum absolute atomic E-state index is 12.9. The van der Waals surface area contributed by atoms with Gasteiger partial charge in [-0.1, -0.05) is 30.3 Å². The van der Waals surface area contributed by atoms with Gasteiger partial charge in [0.1, 0.15) is 5.75 Å². The second kappa shape index (κ2) is 8.36. The van der Waals surface area contributed by atoms with E-state index in [9.17, 15) is 18.0 Å². The van der Waals surface area contributed by atoms with Crippen molar-refractivity contribution in [3.05, 3.63) is 71.4 Å². The van der Waals surface area contributed by atoms with Crippen molar-refractivity contribution in [3.8, 4) is 5.75 Å². The fourth-order valence-corrected chi connectivity index (χ4v) is 4.36. The van der Waals surface area contributed by atoms with Gasteiger partial charge in [-0.25, -0.2) is 18.0 Å². The number of hydrogen-bond acceptors (Lipinski definition) is 6. The Hall–Kier alpha value is -3.33. The summed E-state index contributed by atoms with van der Waals surface area (Å²) in [6.07, 6.45) is 0. The lowest BCUT2D eigenvalue weighted by molar-refractivity contribution is -0.136. The maximum Gasteiger partial charge on any atom is 0.338 e. The number of amides is 2.